The molecule has 0 aliphatic carbocycles. The molecule has 4 rings (SSSR count). The Morgan fingerprint density at radius 1 is 1.23 bits per heavy atom. The summed E-state index contributed by atoms with van der Waals surface area (Å²) in [4.78, 5) is 44.2. The Bertz CT molecular complexity index is 827. The Hall–Kier alpha value is -1.80. The Morgan fingerprint density at radius 2 is 1.97 bits per heavy atom. The molecule has 4 aliphatic heterocycles. The summed E-state index contributed by atoms with van der Waals surface area (Å²) in [6.45, 7) is 8.38. The molecule has 4 aliphatic rings. The van der Waals surface area contributed by atoms with Crippen molar-refractivity contribution in [3.63, 3.8) is 0 Å². The fourth-order valence-corrected chi connectivity index (χ4v) is 7.55. The molecule has 0 aromatic heterocycles. The van der Waals surface area contributed by atoms with Crippen molar-refractivity contribution in [2.24, 2.45) is 17.8 Å². The molecule has 0 radical (unpaired) electrons. The number of thioether (sulfide) groups is 1. The largest absolute Gasteiger partial charge is 0.461 e. The molecule has 31 heavy (non-hydrogen) atoms. The standard InChI is InChI=1S/C23H32N2O5S/c1-5-14(4)15(12-26)25-19-21(28)24(13(2)3)10-7-9-23(19)18(20(25)27)17-16(31-23)8-6-11-30-22(17)29/h6-9,13-19,26H,5,10-12H2,1-4H3/t14-,15-,16-,17+,18-,19?,23-/m0/s1. The molecule has 1 spiro atoms. The summed E-state index contributed by atoms with van der Waals surface area (Å²) in [5, 5.41) is 10.1. The maximum Gasteiger partial charge on any atom is 0.311 e. The van der Waals surface area contributed by atoms with E-state index in [4.69, 9.17) is 4.74 Å². The molecule has 2 fully saturated rings. The molecule has 0 saturated carbocycles. The number of carbonyl (C=O) groups is 3. The van der Waals surface area contributed by atoms with Crippen molar-refractivity contribution in [2.45, 2.75) is 62.2 Å². The molecule has 8 heteroatoms. The lowest BCUT2D eigenvalue weighted by molar-refractivity contribution is -0.152. The second kappa shape index (κ2) is 8.28. The first-order chi connectivity index (χ1) is 14.8. The average molecular weight is 449 g/mol. The van der Waals surface area contributed by atoms with Crippen LogP contribution in [0, 0.1) is 17.8 Å². The molecule has 0 aromatic rings. The van der Waals surface area contributed by atoms with Gasteiger partial charge in [-0.25, -0.2) is 0 Å². The molecule has 2 amide bonds. The van der Waals surface area contributed by atoms with Gasteiger partial charge in [0.1, 0.15) is 12.6 Å². The summed E-state index contributed by atoms with van der Waals surface area (Å²) in [5.41, 5.74) is 0. The van der Waals surface area contributed by atoms with Gasteiger partial charge in [0.2, 0.25) is 11.8 Å². The van der Waals surface area contributed by atoms with Gasteiger partial charge >= 0.3 is 5.97 Å². The Kier molecular flexibility index (Phi) is 5.98. The Balaban J connectivity index is 1.88. The molecular weight excluding hydrogens is 416 g/mol. The highest BCUT2D eigenvalue weighted by molar-refractivity contribution is 8.02. The van der Waals surface area contributed by atoms with Crippen molar-refractivity contribution in [3.8, 4) is 0 Å². The summed E-state index contributed by atoms with van der Waals surface area (Å²) in [7, 11) is 0. The van der Waals surface area contributed by atoms with Crippen LogP contribution < -0.4 is 0 Å². The lowest BCUT2D eigenvalue weighted by Crippen LogP contribution is -2.58. The quantitative estimate of drug-likeness (QED) is 0.508. The first-order valence-corrected chi connectivity index (χ1v) is 12.1. The van der Waals surface area contributed by atoms with Crippen molar-refractivity contribution in [3.05, 3.63) is 24.3 Å². The van der Waals surface area contributed by atoms with Gasteiger partial charge in [0.05, 0.1) is 29.2 Å². The van der Waals surface area contributed by atoms with Crippen LogP contribution in [-0.2, 0) is 19.1 Å². The van der Waals surface area contributed by atoms with Crippen molar-refractivity contribution in [1.82, 2.24) is 9.80 Å². The summed E-state index contributed by atoms with van der Waals surface area (Å²) in [6.07, 6.45) is 8.49. The number of carbonyl (C=O) groups excluding carboxylic acids is 3. The number of esters is 1. The molecule has 7 nitrogen and oxygen atoms in total. The van der Waals surface area contributed by atoms with Crippen LogP contribution in [-0.4, -0.2) is 80.6 Å². The number of likely N-dealkylation sites (tertiary alicyclic amines) is 1. The van der Waals surface area contributed by atoms with Crippen LogP contribution in [0.1, 0.15) is 34.1 Å². The summed E-state index contributed by atoms with van der Waals surface area (Å²) in [5.74, 6) is -2.03. The lowest BCUT2D eigenvalue weighted by atomic mass is 9.78. The highest BCUT2D eigenvalue weighted by atomic mass is 32.2. The normalized spacial score (nSPS) is 36.6. The number of fused-ring (bicyclic) bond motifs is 2. The molecule has 0 bridgehead atoms. The van der Waals surface area contributed by atoms with Crippen LogP contribution >= 0.6 is 11.8 Å². The predicted molar refractivity (Wildman–Crippen MR) is 118 cm³/mol. The first-order valence-electron chi connectivity index (χ1n) is 11.2. The second-order valence-electron chi connectivity index (χ2n) is 9.27. The van der Waals surface area contributed by atoms with Gasteiger partial charge in [-0.15, -0.1) is 11.8 Å². The van der Waals surface area contributed by atoms with E-state index in [0.29, 0.717) is 6.54 Å². The van der Waals surface area contributed by atoms with E-state index in [1.54, 1.807) is 9.80 Å². The molecule has 4 heterocycles. The van der Waals surface area contributed by atoms with E-state index < -0.39 is 28.7 Å². The van der Waals surface area contributed by atoms with Gasteiger partial charge in [0.25, 0.3) is 0 Å². The van der Waals surface area contributed by atoms with Gasteiger partial charge in [-0.2, -0.15) is 0 Å². The van der Waals surface area contributed by atoms with E-state index in [1.165, 1.54) is 11.8 Å². The maximum absolute atomic E-state index is 14.0. The Labute approximate surface area is 187 Å². The van der Waals surface area contributed by atoms with Crippen LogP contribution in [0.15, 0.2) is 24.3 Å². The first kappa shape index (κ1) is 22.4. The van der Waals surface area contributed by atoms with E-state index in [0.717, 1.165) is 6.42 Å². The molecule has 7 atom stereocenters. The molecule has 0 aromatic carbocycles. The van der Waals surface area contributed by atoms with Crippen LogP contribution in [0.25, 0.3) is 0 Å². The van der Waals surface area contributed by atoms with Gasteiger partial charge < -0.3 is 19.6 Å². The third-order valence-corrected chi connectivity index (χ3v) is 9.10. The van der Waals surface area contributed by atoms with Gasteiger partial charge in [-0.1, -0.05) is 44.6 Å². The number of nitrogens with zero attached hydrogens (tertiary/aromatic N) is 2. The minimum absolute atomic E-state index is 0.0131. The minimum atomic E-state index is -0.852. The van der Waals surface area contributed by atoms with Gasteiger partial charge in [0, 0.05) is 17.8 Å². The van der Waals surface area contributed by atoms with Crippen molar-refractivity contribution < 1.29 is 24.2 Å². The van der Waals surface area contributed by atoms with E-state index in [-0.39, 0.29) is 48.2 Å². The third kappa shape index (κ3) is 3.25. The summed E-state index contributed by atoms with van der Waals surface area (Å²) in [6, 6.07) is -1.26. The SMILES string of the molecule is CC[C@H](C)[C@H](CO)N1C(=O)[C@@H]2[C@@H]3C(=O)OCC=C[C@@H]3S[C@@]23C=CCN(C(C)C)C(=O)C13. The molecular formula is C23H32N2O5S. The van der Waals surface area contributed by atoms with Crippen molar-refractivity contribution in [1.29, 1.82) is 0 Å². The number of ether oxygens (including phenoxy) is 1. The molecule has 2 saturated heterocycles. The van der Waals surface area contributed by atoms with Crippen LogP contribution in [0.5, 0.6) is 0 Å². The predicted octanol–water partition coefficient (Wildman–Crippen LogP) is 1.61. The van der Waals surface area contributed by atoms with Crippen LogP contribution in [0.4, 0.5) is 0 Å². The zero-order chi connectivity index (χ0) is 22.5. The average Bonchev–Trinajstić information content (AvgIpc) is 3.03. The van der Waals surface area contributed by atoms with Gasteiger partial charge in [-0.05, 0) is 19.8 Å². The monoisotopic (exact) mass is 448 g/mol. The zero-order valence-electron chi connectivity index (χ0n) is 18.6. The topological polar surface area (TPSA) is 87.2 Å². The fourth-order valence-electron chi connectivity index (χ4n) is 5.56. The Morgan fingerprint density at radius 3 is 2.61 bits per heavy atom. The summed E-state index contributed by atoms with van der Waals surface area (Å²) < 4.78 is 4.53. The van der Waals surface area contributed by atoms with Crippen molar-refractivity contribution in [2.75, 3.05) is 19.8 Å². The van der Waals surface area contributed by atoms with Gasteiger partial charge in [0.15, 0.2) is 0 Å². The van der Waals surface area contributed by atoms with E-state index in [9.17, 15) is 19.5 Å². The number of aliphatic hydroxyl groups excluding tert-OH is 1. The number of amides is 2. The molecule has 1 unspecified atom stereocenters. The number of hydrogen-bond donors (Lipinski definition) is 1. The number of cyclic esters (lactones) is 1. The highest BCUT2D eigenvalue weighted by Crippen LogP contribution is 2.61. The molecule has 1 N–H and O–H groups in total. The number of hydrogen-bond acceptors (Lipinski definition) is 6. The smallest absolute Gasteiger partial charge is 0.311 e. The van der Waals surface area contributed by atoms with Crippen LogP contribution in [0.2, 0.25) is 0 Å². The summed E-state index contributed by atoms with van der Waals surface area (Å²) >= 11 is 1.53. The molecule has 170 valence electrons. The fraction of sp³-hybridized carbons (Fsp3) is 0.696. The minimum Gasteiger partial charge on any atom is -0.461 e. The number of rotatable bonds is 5. The third-order valence-electron chi connectivity index (χ3n) is 7.35. The van der Waals surface area contributed by atoms with Gasteiger partial charge in [-0.3, -0.25) is 14.4 Å². The van der Waals surface area contributed by atoms with E-state index in [1.807, 2.05) is 52.0 Å². The van der Waals surface area contributed by atoms with E-state index in [2.05, 4.69) is 0 Å². The second-order valence-corrected chi connectivity index (χ2v) is 10.8. The lowest BCUT2D eigenvalue weighted by Gasteiger charge is -2.41. The number of aliphatic hydroxyl groups is 1. The maximum atomic E-state index is 14.0. The highest BCUT2D eigenvalue weighted by Gasteiger charge is 2.72. The van der Waals surface area contributed by atoms with Crippen molar-refractivity contribution >= 4 is 29.5 Å². The zero-order valence-corrected chi connectivity index (χ0v) is 19.4. The van der Waals surface area contributed by atoms with Crippen LogP contribution in [0.3, 0.4) is 0 Å². The van der Waals surface area contributed by atoms with E-state index >= 15 is 0 Å².